The fourth-order valence-corrected chi connectivity index (χ4v) is 7.12. The molecular weight excluding hydrogens is 704 g/mol. The molecule has 4 rings (SSSR count). The molecular formula is C57H65F. The maximum absolute atomic E-state index is 15.1. The fraction of sp³-hybridized carbons (Fsp3) is 0.263. The van der Waals surface area contributed by atoms with Crippen molar-refractivity contribution in [3.05, 3.63) is 209 Å². The molecule has 0 aromatic heterocycles. The smallest absolute Gasteiger partial charge is 0.0945 e. The highest BCUT2D eigenvalue weighted by molar-refractivity contribution is 6.17. The number of benzene rings is 4. The van der Waals surface area contributed by atoms with Gasteiger partial charge in [0.2, 0.25) is 0 Å². The molecule has 0 amide bonds. The summed E-state index contributed by atoms with van der Waals surface area (Å²) in [6.07, 6.45) is 29.4. The minimum atomic E-state index is 0.551. The summed E-state index contributed by atoms with van der Waals surface area (Å²) in [5, 5.41) is 4.22. The van der Waals surface area contributed by atoms with Gasteiger partial charge in [0.1, 0.15) is 0 Å². The number of halogens is 1. The molecule has 4 aromatic rings. The third-order valence-electron chi connectivity index (χ3n) is 11.3. The summed E-state index contributed by atoms with van der Waals surface area (Å²) in [4.78, 5) is 0. The van der Waals surface area contributed by atoms with Crippen molar-refractivity contribution in [2.45, 2.75) is 94.4 Å². The van der Waals surface area contributed by atoms with Crippen LogP contribution in [0.3, 0.4) is 0 Å². The molecule has 0 bridgehead atoms. The molecule has 1 unspecified atom stereocenters. The second kappa shape index (κ2) is 23.0. The number of hydrogen-bond donors (Lipinski definition) is 0. The lowest BCUT2D eigenvalue weighted by Crippen LogP contribution is -1.95. The minimum Gasteiger partial charge on any atom is -0.215 e. The first-order valence-corrected chi connectivity index (χ1v) is 21.1. The van der Waals surface area contributed by atoms with Crippen LogP contribution in [0.5, 0.6) is 0 Å². The van der Waals surface area contributed by atoms with Crippen LogP contribution in [0.15, 0.2) is 192 Å². The van der Waals surface area contributed by atoms with Crippen molar-refractivity contribution >= 4 is 38.3 Å². The highest BCUT2D eigenvalue weighted by atomic mass is 19.1. The van der Waals surface area contributed by atoms with E-state index >= 15 is 4.39 Å². The first-order valence-electron chi connectivity index (χ1n) is 21.1. The van der Waals surface area contributed by atoms with E-state index in [2.05, 4.69) is 202 Å². The second-order valence-corrected chi connectivity index (χ2v) is 15.6. The molecule has 0 aliphatic rings. The standard InChI is InChI=1S/C57H65F/c1-11-24-44(7)45(8)27-21-25-42(5)26-22-31-50(40-58)57-54-34-19-17-32-52(54)56(53-33-18-20-35-55(53)57)49(39-41(4)12-2)38-37-47(10)46(9)28-23-36-51(43(6)13-3)48-29-15-14-16-30-48/h14-23,25,27-40,44H,5,11-13,24,26H2,1-4,6-10H3/b25-21-,31-22-,36-23-,41-39-,45-27-,46-28+,47-37+,49-38+,50-40+,51-43-. The van der Waals surface area contributed by atoms with Crippen molar-refractivity contribution in [3.8, 4) is 0 Å². The number of hydrogen-bond acceptors (Lipinski definition) is 0. The molecule has 0 heterocycles. The Labute approximate surface area is 350 Å². The highest BCUT2D eigenvalue weighted by Gasteiger charge is 2.17. The van der Waals surface area contributed by atoms with E-state index in [1.54, 1.807) is 0 Å². The van der Waals surface area contributed by atoms with E-state index in [4.69, 9.17) is 0 Å². The first kappa shape index (κ1) is 45.2. The summed E-state index contributed by atoms with van der Waals surface area (Å²) >= 11 is 0. The molecule has 0 aliphatic heterocycles. The van der Waals surface area contributed by atoms with Gasteiger partial charge in [0.05, 0.1) is 6.33 Å². The topological polar surface area (TPSA) is 0 Å². The van der Waals surface area contributed by atoms with Crippen LogP contribution in [-0.4, -0.2) is 0 Å². The van der Waals surface area contributed by atoms with Crippen LogP contribution in [0.25, 0.3) is 38.3 Å². The molecule has 0 saturated heterocycles. The third-order valence-corrected chi connectivity index (χ3v) is 11.3. The van der Waals surface area contributed by atoms with Gasteiger partial charge in [0.15, 0.2) is 0 Å². The third kappa shape index (κ3) is 12.2. The van der Waals surface area contributed by atoms with Crippen LogP contribution < -0.4 is 0 Å². The number of rotatable bonds is 18. The summed E-state index contributed by atoms with van der Waals surface area (Å²) in [5.74, 6) is 0.570. The number of fused-ring (bicyclic) bond motifs is 2. The van der Waals surface area contributed by atoms with Crippen LogP contribution >= 0.6 is 0 Å². The van der Waals surface area contributed by atoms with E-state index in [9.17, 15) is 0 Å². The predicted molar refractivity (Wildman–Crippen MR) is 258 cm³/mol. The van der Waals surface area contributed by atoms with E-state index < -0.39 is 0 Å². The molecule has 1 atom stereocenters. The van der Waals surface area contributed by atoms with Gasteiger partial charge in [-0.2, -0.15) is 0 Å². The lowest BCUT2D eigenvalue weighted by atomic mass is 9.85. The zero-order chi connectivity index (χ0) is 42.0. The summed E-state index contributed by atoms with van der Waals surface area (Å²) in [7, 11) is 0. The maximum Gasteiger partial charge on any atom is 0.0945 e. The van der Waals surface area contributed by atoms with Crippen LogP contribution in [0.4, 0.5) is 4.39 Å². The van der Waals surface area contributed by atoms with Crippen molar-refractivity contribution in [3.63, 3.8) is 0 Å². The lowest BCUT2D eigenvalue weighted by molar-refractivity contribution is 0.602. The molecule has 1 heteroatoms. The monoisotopic (exact) mass is 769 g/mol. The molecule has 0 aliphatic carbocycles. The lowest BCUT2D eigenvalue weighted by Gasteiger charge is -2.18. The van der Waals surface area contributed by atoms with Gasteiger partial charge in [-0.3, -0.25) is 0 Å². The van der Waals surface area contributed by atoms with E-state index in [1.165, 1.54) is 51.8 Å². The largest absolute Gasteiger partial charge is 0.215 e. The first-order chi connectivity index (χ1) is 28.0. The molecule has 300 valence electrons. The van der Waals surface area contributed by atoms with Crippen LogP contribution in [0, 0.1) is 5.92 Å². The van der Waals surface area contributed by atoms with Crippen molar-refractivity contribution in [2.24, 2.45) is 5.92 Å². The van der Waals surface area contributed by atoms with Gasteiger partial charge >= 0.3 is 0 Å². The Balaban J connectivity index is 1.77. The highest BCUT2D eigenvalue weighted by Crippen LogP contribution is 2.41. The van der Waals surface area contributed by atoms with Crippen LogP contribution in [-0.2, 0) is 0 Å². The Kier molecular flexibility index (Phi) is 17.9. The maximum atomic E-state index is 15.1. The molecule has 0 fully saturated rings. The summed E-state index contributed by atoms with van der Waals surface area (Å²) in [5.41, 5.74) is 13.6. The van der Waals surface area contributed by atoms with Gasteiger partial charge in [0, 0.05) is 5.57 Å². The summed E-state index contributed by atoms with van der Waals surface area (Å²) in [6, 6.07) is 27.5. The van der Waals surface area contributed by atoms with E-state index in [0.717, 1.165) is 63.0 Å². The van der Waals surface area contributed by atoms with Crippen molar-refractivity contribution < 1.29 is 4.39 Å². The second-order valence-electron chi connectivity index (χ2n) is 15.6. The average Bonchev–Trinajstić information content (AvgIpc) is 3.24. The Hall–Kier alpha value is -5.53. The Morgan fingerprint density at radius 2 is 1.19 bits per heavy atom. The van der Waals surface area contributed by atoms with Gasteiger partial charge in [-0.15, -0.1) is 0 Å². The summed E-state index contributed by atoms with van der Waals surface area (Å²) < 4.78 is 15.1. The van der Waals surface area contributed by atoms with Crippen LogP contribution in [0.1, 0.15) is 111 Å². The molecule has 0 N–H and O–H groups in total. The Bertz CT molecular complexity index is 2300. The normalized spacial score (nSPS) is 15.1. The SMILES string of the molecule is C=C(/C=C\C=C(\C)C(C)CCC)C/C=C\C(=C/F)c1c2ccccc2c(C(/C=C(/C)CC)=C/C=C(C)/C(C)=C/C=C\C(=C(/C)CC)c2ccccc2)c2ccccc12. The average molecular weight is 769 g/mol. The zero-order valence-electron chi connectivity index (χ0n) is 36.6. The van der Waals surface area contributed by atoms with E-state index in [-0.39, 0.29) is 0 Å². The quantitative estimate of drug-likeness (QED) is 0.0698. The van der Waals surface area contributed by atoms with Crippen molar-refractivity contribution in [1.82, 2.24) is 0 Å². The fourth-order valence-electron chi connectivity index (χ4n) is 7.12. The predicted octanol–water partition coefficient (Wildman–Crippen LogP) is 17.8. The van der Waals surface area contributed by atoms with Gasteiger partial charge < -0.3 is 0 Å². The van der Waals surface area contributed by atoms with E-state index in [0.29, 0.717) is 17.9 Å². The summed E-state index contributed by atoms with van der Waals surface area (Å²) in [6.45, 7) is 24.1. The zero-order valence-corrected chi connectivity index (χ0v) is 36.6. The molecule has 4 aromatic carbocycles. The van der Waals surface area contributed by atoms with Gasteiger partial charge in [-0.05, 0) is 127 Å². The molecule has 0 saturated carbocycles. The van der Waals surface area contributed by atoms with Crippen LogP contribution in [0.2, 0.25) is 0 Å². The molecule has 58 heavy (non-hydrogen) atoms. The van der Waals surface area contributed by atoms with E-state index in [1.807, 2.05) is 12.2 Å². The molecule has 0 spiro atoms. The van der Waals surface area contributed by atoms with Gasteiger partial charge in [0.25, 0.3) is 0 Å². The van der Waals surface area contributed by atoms with Crippen molar-refractivity contribution in [1.29, 1.82) is 0 Å². The Morgan fingerprint density at radius 1 is 0.638 bits per heavy atom. The number of allylic oxidation sites excluding steroid dienone is 20. The van der Waals surface area contributed by atoms with Crippen molar-refractivity contribution in [2.75, 3.05) is 0 Å². The van der Waals surface area contributed by atoms with Gasteiger partial charge in [-0.25, -0.2) is 4.39 Å². The molecule has 0 nitrogen and oxygen atoms in total. The molecule has 0 radical (unpaired) electrons. The van der Waals surface area contributed by atoms with Gasteiger partial charge in [-0.1, -0.05) is 209 Å². The Morgan fingerprint density at radius 3 is 1.74 bits per heavy atom. The minimum absolute atomic E-state index is 0.551.